The second-order valence-electron chi connectivity index (χ2n) is 6.03. The Balaban J connectivity index is 2.04. The quantitative estimate of drug-likeness (QED) is 0.860. The number of nitrogens with one attached hydrogen (secondary N) is 1. The van der Waals surface area contributed by atoms with Gasteiger partial charge < -0.3 is 14.5 Å². The molecule has 20 heavy (non-hydrogen) atoms. The van der Waals surface area contributed by atoms with Gasteiger partial charge in [0.1, 0.15) is 5.52 Å². The van der Waals surface area contributed by atoms with Crippen molar-refractivity contribution in [2.45, 2.75) is 45.6 Å². The van der Waals surface area contributed by atoms with Crippen molar-refractivity contribution >= 4 is 16.8 Å². The van der Waals surface area contributed by atoms with Crippen molar-refractivity contribution < 1.29 is 9.15 Å². The van der Waals surface area contributed by atoms with Crippen LogP contribution in [-0.4, -0.2) is 24.2 Å². The van der Waals surface area contributed by atoms with E-state index in [1.54, 1.807) is 7.11 Å². The maximum Gasteiger partial charge on any atom is 0.198 e. The first-order valence-electron chi connectivity index (χ1n) is 7.11. The molecule has 0 spiro atoms. The van der Waals surface area contributed by atoms with Gasteiger partial charge in [-0.2, -0.15) is 0 Å². The van der Waals surface area contributed by atoms with Crippen molar-refractivity contribution in [3.8, 4) is 0 Å². The molecular weight excluding hydrogens is 252 g/mol. The largest absolute Gasteiger partial charge is 0.440 e. The molecule has 0 fully saturated rings. The van der Waals surface area contributed by atoms with Crippen molar-refractivity contribution in [2.75, 3.05) is 19.0 Å². The number of aromatic nitrogens is 1. The lowest BCUT2D eigenvalue weighted by Crippen LogP contribution is -2.25. The fraction of sp³-hybridized carbons (Fsp3) is 0.562. The fourth-order valence-electron chi connectivity index (χ4n) is 1.91. The van der Waals surface area contributed by atoms with E-state index in [2.05, 4.69) is 38.0 Å². The summed E-state index contributed by atoms with van der Waals surface area (Å²) in [6.45, 7) is 9.20. The summed E-state index contributed by atoms with van der Waals surface area (Å²) in [6.07, 6.45) is 0.942. The average Bonchev–Trinajstić information content (AvgIpc) is 2.82. The second-order valence-corrected chi connectivity index (χ2v) is 6.03. The summed E-state index contributed by atoms with van der Waals surface area (Å²) < 4.78 is 11.1. The third-order valence-corrected chi connectivity index (χ3v) is 3.51. The zero-order chi connectivity index (χ0) is 14.8. The molecule has 0 saturated heterocycles. The molecule has 1 N–H and O–H groups in total. The summed E-state index contributed by atoms with van der Waals surface area (Å²) in [5, 5.41) is 3.40. The molecule has 0 aliphatic carbocycles. The third-order valence-electron chi connectivity index (χ3n) is 3.51. The highest BCUT2D eigenvalue weighted by Gasteiger charge is 2.15. The van der Waals surface area contributed by atoms with E-state index >= 15 is 0 Å². The van der Waals surface area contributed by atoms with Crippen LogP contribution in [0.15, 0.2) is 22.6 Å². The number of rotatable bonds is 6. The predicted octanol–water partition coefficient (Wildman–Crippen LogP) is 4.18. The van der Waals surface area contributed by atoms with Gasteiger partial charge >= 0.3 is 0 Å². The number of methoxy groups -OCH3 is 1. The van der Waals surface area contributed by atoms with Gasteiger partial charge in [-0.05, 0) is 38.5 Å². The molecule has 4 heteroatoms. The minimum atomic E-state index is -0.101. The Morgan fingerprint density at radius 2 is 2.10 bits per heavy atom. The van der Waals surface area contributed by atoms with Crippen molar-refractivity contribution in [1.29, 1.82) is 0 Å². The van der Waals surface area contributed by atoms with Crippen LogP contribution >= 0.6 is 0 Å². The van der Waals surface area contributed by atoms with Gasteiger partial charge in [0, 0.05) is 25.3 Å². The fourth-order valence-corrected chi connectivity index (χ4v) is 1.91. The highest BCUT2D eigenvalue weighted by atomic mass is 16.5. The average molecular weight is 276 g/mol. The number of hydrogen-bond acceptors (Lipinski definition) is 4. The predicted molar refractivity (Wildman–Crippen MR) is 82.3 cm³/mol. The summed E-state index contributed by atoms with van der Waals surface area (Å²) in [5.41, 5.74) is 2.71. The van der Waals surface area contributed by atoms with E-state index in [9.17, 15) is 0 Å². The van der Waals surface area contributed by atoms with E-state index in [4.69, 9.17) is 9.15 Å². The van der Waals surface area contributed by atoms with Crippen molar-refractivity contribution in [2.24, 2.45) is 0 Å². The summed E-state index contributed by atoms with van der Waals surface area (Å²) in [7, 11) is 1.74. The molecule has 0 aliphatic heterocycles. The highest BCUT2D eigenvalue weighted by Crippen LogP contribution is 2.24. The molecule has 4 nitrogen and oxygen atoms in total. The molecule has 1 aromatic heterocycles. The molecule has 0 atom stereocenters. The molecule has 2 aromatic rings. The number of benzene rings is 1. The number of anilines is 1. The van der Waals surface area contributed by atoms with E-state index in [-0.39, 0.29) is 5.60 Å². The molecule has 2 rings (SSSR count). The smallest absolute Gasteiger partial charge is 0.198 e. The first kappa shape index (κ1) is 14.9. The van der Waals surface area contributed by atoms with Crippen LogP contribution in [0.3, 0.4) is 0 Å². The zero-order valence-corrected chi connectivity index (χ0v) is 13.0. The normalized spacial score (nSPS) is 12.3. The van der Waals surface area contributed by atoms with Crippen LogP contribution < -0.4 is 5.32 Å². The van der Waals surface area contributed by atoms with E-state index in [1.807, 2.05) is 18.2 Å². The topological polar surface area (TPSA) is 47.3 Å². The molecule has 1 heterocycles. The summed E-state index contributed by atoms with van der Waals surface area (Å²) >= 11 is 0. The van der Waals surface area contributed by atoms with Crippen LogP contribution in [0.1, 0.15) is 45.9 Å². The molecule has 1 aromatic carbocycles. The molecule has 0 unspecified atom stereocenters. The molecule has 0 saturated carbocycles. The minimum absolute atomic E-state index is 0.101. The Labute approximate surface area is 120 Å². The van der Waals surface area contributed by atoms with Gasteiger partial charge in [0.2, 0.25) is 0 Å². The summed E-state index contributed by atoms with van der Waals surface area (Å²) in [4.78, 5) is 4.51. The molecule has 0 bridgehead atoms. The van der Waals surface area contributed by atoms with E-state index < -0.39 is 0 Å². The van der Waals surface area contributed by atoms with Gasteiger partial charge in [-0.25, -0.2) is 4.98 Å². The van der Waals surface area contributed by atoms with Gasteiger partial charge in [0.15, 0.2) is 11.5 Å². The van der Waals surface area contributed by atoms with Crippen LogP contribution in [0.25, 0.3) is 11.1 Å². The van der Waals surface area contributed by atoms with Gasteiger partial charge in [-0.3, -0.25) is 0 Å². The maximum atomic E-state index is 5.70. The second kappa shape index (κ2) is 5.83. The molecule has 0 aliphatic rings. The first-order chi connectivity index (χ1) is 9.41. The van der Waals surface area contributed by atoms with Crippen LogP contribution in [-0.2, 0) is 4.74 Å². The molecule has 110 valence electrons. The lowest BCUT2D eigenvalue weighted by Gasteiger charge is -2.23. The lowest BCUT2D eigenvalue weighted by molar-refractivity contribution is 0.0185. The SMILES string of the molecule is COC(C)(C)CCNc1ccc2oc(C(C)C)nc2c1. The number of nitrogens with zero attached hydrogens (tertiary/aromatic N) is 1. The Hall–Kier alpha value is -1.55. The standard InChI is InChI=1S/C16H24N2O2/c1-11(2)15-18-13-10-12(6-7-14(13)20-15)17-9-8-16(3,4)19-5/h6-7,10-11,17H,8-9H2,1-5H3. The Morgan fingerprint density at radius 1 is 1.35 bits per heavy atom. The highest BCUT2D eigenvalue weighted by molar-refractivity contribution is 5.77. The summed E-state index contributed by atoms with van der Waals surface area (Å²) in [5.74, 6) is 1.10. The van der Waals surface area contributed by atoms with Crippen LogP contribution in [0, 0.1) is 0 Å². The molecular formula is C16H24N2O2. The van der Waals surface area contributed by atoms with E-state index in [0.717, 1.165) is 35.6 Å². The van der Waals surface area contributed by atoms with Crippen LogP contribution in [0.2, 0.25) is 0 Å². The van der Waals surface area contributed by atoms with Crippen molar-refractivity contribution in [3.05, 3.63) is 24.1 Å². The Kier molecular flexibility index (Phi) is 4.33. The van der Waals surface area contributed by atoms with E-state index in [0.29, 0.717) is 5.92 Å². The monoisotopic (exact) mass is 276 g/mol. The number of hydrogen-bond donors (Lipinski definition) is 1. The minimum Gasteiger partial charge on any atom is -0.440 e. The molecule has 0 radical (unpaired) electrons. The third kappa shape index (κ3) is 3.51. The number of oxazole rings is 1. The van der Waals surface area contributed by atoms with Crippen molar-refractivity contribution in [3.63, 3.8) is 0 Å². The number of ether oxygens (including phenoxy) is 1. The van der Waals surface area contributed by atoms with Gasteiger partial charge in [0.05, 0.1) is 5.60 Å². The van der Waals surface area contributed by atoms with Crippen molar-refractivity contribution in [1.82, 2.24) is 4.98 Å². The van der Waals surface area contributed by atoms with E-state index in [1.165, 1.54) is 0 Å². The Bertz CT molecular complexity index is 573. The van der Waals surface area contributed by atoms with Crippen LogP contribution in [0.4, 0.5) is 5.69 Å². The van der Waals surface area contributed by atoms with Crippen LogP contribution in [0.5, 0.6) is 0 Å². The molecule has 0 amide bonds. The Morgan fingerprint density at radius 3 is 2.75 bits per heavy atom. The first-order valence-corrected chi connectivity index (χ1v) is 7.11. The lowest BCUT2D eigenvalue weighted by atomic mass is 10.1. The maximum absolute atomic E-state index is 5.70. The van der Waals surface area contributed by atoms with Gasteiger partial charge in [-0.1, -0.05) is 13.8 Å². The summed E-state index contributed by atoms with van der Waals surface area (Å²) in [6, 6.07) is 6.03. The van der Waals surface area contributed by atoms with Gasteiger partial charge in [0.25, 0.3) is 0 Å². The zero-order valence-electron chi connectivity index (χ0n) is 13.0. The number of fused-ring (bicyclic) bond motifs is 1. The van der Waals surface area contributed by atoms with Gasteiger partial charge in [-0.15, -0.1) is 0 Å².